The van der Waals surface area contributed by atoms with E-state index in [1.807, 2.05) is 0 Å². The molecular weight excluding hydrogens is 340 g/mol. The summed E-state index contributed by atoms with van der Waals surface area (Å²) in [7, 11) is 0.739. The number of hydrogen-bond acceptors (Lipinski definition) is 1. The van der Waals surface area contributed by atoms with E-state index in [1.54, 1.807) is 0 Å². The molecule has 2 rings (SSSR count). The summed E-state index contributed by atoms with van der Waals surface area (Å²) in [6.45, 7) is 0. The van der Waals surface area contributed by atoms with Crippen LogP contribution in [0.25, 0.3) is 0 Å². The zero-order chi connectivity index (χ0) is 13.3. The number of hydrogen-bond donors (Lipinski definition) is 0. The van der Waals surface area contributed by atoms with Crippen LogP contribution in [-0.2, 0) is 0 Å². The van der Waals surface area contributed by atoms with Crippen molar-refractivity contribution in [1.29, 1.82) is 0 Å². The molecule has 0 heterocycles. The summed E-state index contributed by atoms with van der Waals surface area (Å²) in [6, 6.07) is 1.46. The molecular formula is C12H10Cl4LiOP. The van der Waals surface area contributed by atoms with Crippen LogP contribution in [0.4, 0.5) is 0 Å². The SMILES string of the molecule is O=C([P-]C1CCCC1)c1c(Cl)c(Cl)cc(Cl)c1Cl.[Li+]. The third kappa shape index (κ3) is 4.27. The summed E-state index contributed by atoms with van der Waals surface area (Å²) < 4.78 is 0. The van der Waals surface area contributed by atoms with Crippen molar-refractivity contribution in [3.63, 3.8) is 0 Å². The Morgan fingerprint density at radius 3 is 2.00 bits per heavy atom. The molecule has 0 aromatic heterocycles. The number of halogens is 4. The quantitative estimate of drug-likeness (QED) is 0.464. The van der Waals surface area contributed by atoms with Gasteiger partial charge in [-0.2, -0.15) is 5.66 Å². The van der Waals surface area contributed by atoms with Crippen LogP contribution < -0.4 is 18.9 Å². The van der Waals surface area contributed by atoms with Gasteiger partial charge in [0, 0.05) is 11.1 Å². The number of carbonyl (C=O) groups is 1. The fourth-order valence-electron chi connectivity index (χ4n) is 2.02. The van der Waals surface area contributed by atoms with Gasteiger partial charge in [0.2, 0.25) is 0 Å². The summed E-state index contributed by atoms with van der Waals surface area (Å²) in [6.07, 6.45) is 4.53. The molecule has 0 spiro atoms. The van der Waals surface area contributed by atoms with E-state index in [2.05, 4.69) is 0 Å². The fourth-order valence-corrected chi connectivity index (χ4v) is 4.45. The molecule has 1 saturated carbocycles. The molecule has 1 aromatic rings. The first-order chi connectivity index (χ1) is 8.50. The molecule has 0 saturated heterocycles. The van der Waals surface area contributed by atoms with E-state index < -0.39 is 0 Å². The molecule has 1 aliphatic rings. The predicted molar refractivity (Wildman–Crippen MR) is 80.0 cm³/mol. The van der Waals surface area contributed by atoms with Crippen LogP contribution in [0.2, 0.25) is 20.1 Å². The van der Waals surface area contributed by atoms with E-state index in [1.165, 1.54) is 18.9 Å². The summed E-state index contributed by atoms with van der Waals surface area (Å²) in [4.78, 5) is 12.2. The van der Waals surface area contributed by atoms with Crippen LogP contribution in [0.5, 0.6) is 0 Å². The van der Waals surface area contributed by atoms with Gasteiger partial charge in [0.25, 0.3) is 0 Å². The fraction of sp³-hybridized carbons (Fsp3) is 0.417. The van der Waals surface area contributed by atoms with Gasteiger partial charge in [-0.25, -0.2) is 0 Å². The summed E-state index contributed by atoms with van der Waals surface area (Å²) in [5, 5.41) is 0.912. The van der Waals surface area contributed by atoms with E-state index in [0.717, 1.165) is 21.4 Å². The minimum Gasteiger partial charge on any atom is -0.456 e. The second-order valence-electron chi connectivity index (χ2n) is 4.22. The minimum atomic E-state index is -0.0960. The van der Waals surface area contributed by atoms with Gasteiger partial charge < -0.3 is 13.4 Å². The van der Waals surface area contributed by atoms with Crippen molar-refractivity contribution in [3.05, 3.63) is 31.7 Å². The van der Waals surface area contributed by atoms with Gasteiger partial charge in [-0.1, -0.05) is 72.1 Å². The van der Waals surface area contributed by atoms with Crippen molar-refractivity contribution in [1.82, 2.24) is 0 Å². The van der Waals surface area contributed by atoms with Crippen molar-refractivity contribution in [2.24, 2.45) is 0 Å². The van der Waals surface area contributed by atoms with Crippen molar-refractivity contribution < 1.29 is 23.7 Å². The van der Waals surface area contributed by atoms with Crippen LogP contribution in [0.3, 0.4) is 0 Å². The monoisotopic (exact) mass is 348 g/mol. The standard InChI is InChI=1S/C12H10Cl4OP.Li/c13-7-5-8(14)11(16)9(10(7)15)12(17)18-6-3-1-2-4-6;/h5-6H,1-4H2;/q-1;+1. The normalized spacial score (nSPS) is 16.0. The van der Waals surface area contributed by atoms with Crippen LogP contribution in [0.15, 0.2) is 6.07 Å². The van der Waals surface area contributed by atoms with Crippen molar-refractivity contribution in [2.75, 3.05) is 0 Å². The van der Waals surface area contributed by atoms with Gasteiger partial charge in [-0.05, 0) is 6.07 Å². The first kappa shape index (κ1) is 18.1. The van der Waals surface area contributed by atoms with Crippen molar-refractivity contribution in [2.45, 2.75) is 31.3 Å². The zero-order valence-corrected chi connectivity index (χ0v) is 14.3. The maximum atomic E-state index is 12.2. The Balaban J connectivity index is 0.00000180. The van der Waals surface area contributed by atoms with E-state index in [4.69, 9.17) is 46.4 Å². The summed E-state index contributed by atoms with van der Waals surface area (Å²) in [5.74, 6) is 0. The molecule has 19 heavy (non-hydrogen) atoms. The second-order valence-corrected chi connectivity index (χ2v) is 7.18. The van der Waals surface area contributed by atoms with E-state index in [9.17, 15) is 4.79 Å². The predicted octanol–water partition coefficient (Wildman–Crippen LogP) is 3.33. The number of benzene rings is 1. The third-order valence-corrected chi connectivity index (χ3v) is 5.86. The molecule has 0 atom stereocenters. The smallest absolute Gasteiger partial charge is 0.456 e. The molecule has 98 valence electrons. The third-order valence-electron chi connectivity index (χ3n) is 2.95. The first-order valence-electron chi connectivity index (χ1n) is 5.59. The van der Waals surface area contributed by atoms with Gasteiger partial charge >= 0.3 is 18.9 Å². The molecule has 0 radical (unpaired) electrons. The Kier molecular flexibility index (Phi) is 7.54. The number of carbonyl (C=O) groups excluding carboxylic acids is 1. The van der Waals surface area contributed by atoms with Gasteiger partial charge in [-0.15, -0.1) is 0 Å². The van der Waals surface area contributed by atoms with Crippen LogP contribution >= 0.6 is 55.0 Å². The Bertz CT molecular complexity index is 463. The van der Waals surface area contributed by atoms with Crippen LogP contribution in [0, 0.1) is 0 Å². The van der Waals surface area contributed by atoms with Gasteiger partial charge in [0.1, 0.15) is 0 Å². The molecule has 7 heteroatoms. The Labute approximate surface area is 146 Å². The van der Waals surface area contributed by atoms with Crippen LogP contribution in [-0.4, -0.2) is 11.2 Å². The van der Waals surface area contributed by atoms with E-state index in [0.29, 0.717) is 5.66 Å². The van der Waals surface area contributed by atoms with Gasteiger partial charge in [0.15, 0.2) is 0 Å². The van der Waals surface area contributed by atoms with Crippen molar-refractivity contribution in [3.8, 4) is 0 Å². The van der Waals surface area contributed by atoms with E-state index >= 15 is 0 Å². The molecule has 1 fully saturated rings. The largest absolute Gasteiger partial charge is 1.00 e. The molecule has 0 amide bonds. The molecule has 1 nitrogen and oxygen atoms in total. The van der Waals surface area contributed by atoms with Gasteiger partial charge in [0.05, 0.1) is 20.1 Å². The van der Waals surface area contributed by atoms with E-state index in [-0.39, 0.29) is 50.0 Å². The number of rotatable bonds is 3. The Morgan fingerprint density at radius 2 is 1.53 bits per heavy atom. The van der Waals surface area contributed by atoms with Crippen molar-refractivity contribution >= 4 is 60.5 Å². The molecule has 0 aliphatic heterocycles. The molecule has 0 bridgehead atoms. The summed E-state index contributed by atoms with van der Waals surface area (Å²) >= 11 is 23.9. The van der Waals surface area contributed by atoms with Crippen LogP contribution in [0.1, 0.15) is 36.0 Å². The first-order valence-corrected chi connectivity index (χ1v) is 8.06. The zero-order valence-electron chi connectivity index (χ0n) is 10.4. The molecule has 1 aliphatic carbocycles. The topological polar surface area (TPSA) is 17.1 Å². The average molecular weight is 350 g/mol. The Morgan fingerprint density at radius 1 is 1.05 bits per heavy atom. The molecule has 0 unspecified atom stereocenters. The molecule has 0 N–H and O–H groups in total. The maximum absolute atomic E-state index is 12.2. The molecule has 1 aromatic carbocycles. The minimum absolute atomic E-state index is 0. The summed E-state index contributed by atoms with van der Waals surface area (Å²) in [5.41, 5.74) is 0.563. The maximum Gasteiger partial charge on any atom is 1.00 e. The average Bonchev–Trinajstić information content (AvgIpc) is 2.79. The Hall–Kier alpha value is 1.08. The van der Waals surface area contributed by atoms with Gasteiger partial charge in [-0.3, -0.25) is 0 Å². The second kappa shape index (κ2) is 7.91.